The van der Waals surface area contributed by atoms with Gasteiger partial charge in [-0.05, 0) is 48.7 Å². The molecule has 0 fully saturated rings. The van der Waals surface area contributed by atoms with Crippen molar-refractivity contribution < 1.29 is 13.2 Å². The molecule has 1 aliphatic heterocycles. The molecular weight excluding hydrogens is 336 g/mol. The average molecular weight is 356 g/mol. The lowest BCUT2D eigenvalue weighted by molar-refractivity contribution is 0.0947. The number of carbonyl (C=O) groups is 1. The van der Waals surface area contributed by atoms with Crippen molar-refractivity contribution >= 4 is 21.4 Å². The van der Waals surface area contributed by atoms with Gasteiger partial charge in [-0.3, -0.25) is 4.79 Å². The maximum absolute atomic E-state index is 12.3. The van der Waals surface area contributed by atoms with Crippen LogP contribution in [0.2, 0.25) is 0 Å². The molecule has 1 aliphatic rings. The number of rotatable bonds is 3. The van der Waals surface area contributed by atoms with Gasteiger partial charge in [0.05, 0.1) is 11.8 Å². The van der Waals surface area contributed by atoms with E-state index in [0.29, 0.717) is 11.3 Å². The molecular formula is C19H20N2O3S. The van der Waals surface area contributed by atoms with E-state index in [-0.39, 0.29) is 11.7 Å². The molecule has 0 saturated heterocycles. The van der Waals surface area contributed by atoms with E-state index >= 15 is 0 Å². The number of carbonyl (C=O) groups excluding carboxylic acids is 1. The van der Waals surface area contributed by atoms with E-state index in [1.165, 1.54) is 17.2 Å². The fourth-order valence-electron chi connectivity index (χ4n) is 2.79. The van der Waals surface area contributed by atoms with Gasteiger partial charge in [-0.25, -0.2) is 8.42 Å². The van der Waals surface area contributed by atoms with Crippen LogP contribution in [-0.2, 0) is 9.84 Å². The summed E-state index contributed by atoms with van der Waals surface area (Å²) in [6.07, 6.45) is 1.49. The molecule has 25 heavy (non-hydrogen) atoms. The molecule has 0 aromatic heterocycles. The van der Waals surface area contributed by atoms with Crippen molar-refractivity contribution in [2.45, 2.75) is 19.9 Å². The molecule has 0 bridgehead atoms. The molecule has 1 amide bonds. The maximum Gasteiger partial charge on any atom is 0.251 e. The van der Waals surface area contributed by atoms with Crippen LogP contribution in [0, 0.1) is 13.8 Å². The molecule has 3 rings (SSSR count). The molecule has 6 heteroatoms. The summed E-state index contributed by atoms with van der Waals surface area (Å²) in [5.41, 5.74) is 11.3. The quantitative estimate of drug-likeness (QED) is 0.827. The molecule has 1 atom stereocenters. The van der Waals surface area contributed by atoms with Crippen molar-refractivity contribution in [1.29, 1.82) is 0 Å². The van der Waals surface area contributed by atoms with Gasteiger partial charge in [0.2, 0.25) is 0 Å². The number of nitrogens with one attached hydrogen (secondary N) is 1. The molecule has 130 valence electrons. The largest absolute Gasteiger partial charge is 0.398 e. The molecule has 3 N–H and O–H groups in total. The second-order valence-corrected chi connectivity index (χ2v) is 8.27. The summed E-state index contributed by atoms with van der Waals surface area (Å²) in [7, 11) is -3.20. The summed E-state index contributed by atoms with van der Waals surface area (Å²) in [5.74, 6) is -0.445. The SMILES string of the molecule is Cc1ccc(-c2ccc(C(=O)NC3C=CS(=O)(=O)C3)cc2N)cc1C. The van der Waals surface area contributed by atoms with E-state index in [0.717, 1.165) is 16.5 Å². The van der Waals surface area contributed by atoms with Crippen LogP contribution in [0.15, 0.2) is 47.9 Å². The maximum atomic E-state index is 12.3. The minimum absolute atomic E-state index is 0.102. The van der Waals surface area contributed by atoms with Crippen molar-refractivity contribution in [1.82, 2.24) is 5.32 Å². The average Bonchev–Trinajstić information content (AvgIpc) is 2.88. The summed E-state index contributed by atoms with van der Waals surface area (Å²) in [6, 6.07) is 10.7. The summed E-state index contributed by atoms with van der Waals surface area (Å²) in [6.45, 7) is 4.09. The molecule has 0 aliphatic carbocycles. The summed E-state index contributed by atoms with van der Waals surface area (Å²) >= 11 is 0. The van der Waals surface area contributed by atoms with Gasteiger partial charge in [-0.2, -0.15) is 0 Å². The lowest BCUT2D eigenvalue weighted by atomic mass is 9.98. The van der Waals surface area contributed by atoms with Gasteiger partial charge in [0.25, 0.3) is 5.91 Å². The second kappa shape index (κ2) is 6.37. The predicted molar refractivity (Wildman–Crippen MR) is 99.9 cm³/mol. The third-order valence-corrected chi connectivity index (χ3v) is 5.77. The number of hydrogen-bond acceptors (Lipinski definition) is 4. The van der Waals surface area contributed by atoms with Gasteiger partial charge in [-0.15, -0.1) is 0 Å². The van der Waals surface area contributed by atoms with Crippen molar-refractivity contribution in [3.63, 3.8) is 0 Å². The fraction of sp³-hybridized carbons (Fsp3) is 0.211. The Morgan fingerprint density at radius 2 is 1.88 bits per heavy atom. The number of nitrogen functional groups attached to an aromatic ring is 1. The highest BCUT2D eigenvalue weighted by Crippen LogP contribution is 2.28. The molecule has 0 saturated carbocycles. The highest BCUT2D eigenvalue weighted by atomic mass is 32.2. The van der Waals surface area contributed by atoms with Crippen LogP contribution in [0.3, 0.4) is 0 Å². The zero-order chi connectivity index (χ0) is 18.2. The van der Waals surface area contributed by atoms with Crippen molar-refractivity contribution in [2.24, 2.45) is 0 Å². The van der Waals surface area contributed by atoms with Crippen molar-refractivity contribution in [3.8, 4) is 11.1 Å². The van der Waals surface area contributed by atoms with Gasteiger partial charge in [0, 0.05) is 22.2 Å². The van der Waals surface area contributed by atoms with Crippen LogP contribution >= 0.6 is 0 Å². The first-order chi connectivity index (χ1) is 11.7. The first-order valence-electron chi connectivity index (χ1n) is 7.94. The molecule has 2 aromatic rings. The number of amides is 1. The lowest BCUT2D eigenvalue weighted by Crippen LogP contribution is -2.35. The fourth-order valence-corrected chi connectivity index (χ4v) is 4.03. The van der Waals surface area contributed by atoms with Gasteiger partial charge < -0.3 is 11.1 Å². The Morgan fingerprint density at radius 1 is 1.12 bits per heavy atom. The zero-order valence-corrected chi connectivity index (χ0v) is 14.9. The number of sulfone groups is 1. The van der Waals surface area contributed by atoms with Crippen LogP contribution in [0.25, 0.3) is 11.1 Å². The molecule has 1 unspecified atom stereocenters. The van der Waals surface area contributed by atoms with E-state index in [1.807, 2.05) is 32.0 Å². The highest BCUT2D eigenvalue weighted by molar-refractivity contribution is 7.94. The van der Waals surface area contributed by atoms with E-state index in [4.69, 9.17) is 5.73 Å². The lowest BCUT2D eigenvalue weighted by Gasteiger charge is -2.13. The molecule has 2 aromatic carbocycles. The molecule has 5 nitrogen and oxygen atoms in total. The van der Waals surface area contributed by atoms with E-state index in [9.17, 15) is 13.2 Å². The predicted octanol–water partition coefficient (Wildman–Crippen LogP) is 2.59. The van der Waals surface area contributed by atoms with Gasteiger partial charge >= 0.3 is 0 Å². The third-order valence-electron chi connectivity index (χ3n) is 4.38. The first-order valence-corrected chi connectivity index (χ1v) is 9.66. The number of nitrogens with two attached hydrogens (primary N) is 1. The minimum Gasteiger partial charge on any atom is -0.398 e. The Balaban J connectivity index is 1.81. The Hall–Kier alpha value is -2.60. The van der Waals surface area contributed by atoms with Crippen LogP contribution < -0.4 is 11.1 Å². The second-order valence-electron chi connectivity index (χ2n) is 6.34. The molecule has 1 heterocycles. The monoisotopic (exact) mass is 356 g/mol. The number of benzene rings is 2. The third kappa shape index (κ3) is 3.74. The summed E-state index contributed by atoms with van der Waals surface area (Å²) in [4.78, 5) is 12.3. The standard InChI is InChI=1S/C19H20N2O3S/c1-12-3-4-14(9-13(12)2)17-6-5-15(10-18(17)20)19(22)21-16-7-8-25(23,24)11-16/h3-10,16H,11,20H2,1-2H3,(H,21,22). The van der Waals surface area contributed by atoms with E-state index in [1.54, 1.807) is 12.1 Å². The smallest absolute Gasteiger partial charge is 0.251 e. The van der Waals surface area contributed by atoms with Crippen LogP contribution in [0.5, 0.6) is 0 Å². The number of aryl methyl sites for hydroxylation is 2. The van der Waals surface area contributed by atoms with Crippen LogP contribution in [-0.4, -0.2) is 26.1 Å². The minimum atomic E-state index is -3.20. The topological polar surface area (TPSA) is 89.3 Å². The van der Waals surface area contributed by atoms with Crippen LogP contribution in [0.1, 0.15) is 21.5 Å². The zero-order valence-electron chi connectivity index (χ0n) is 14.1. The Bertz CT molecular complexity index is 978. The Morgan fingerprint density at radius 3 is 2.48 bits per heavy atom. The number of anilines is 1. The Labute approximate surface area is 147 Å². The number of hydrogen-bond donors (Lipinski definition) is 2. The van der Waals surface area contributed by atoms with Gasteiger partial charge in [-0.1, -0.05) is 24.3 Å². The molecule has 0 spiro atoms. The van der Waals surface area contributed by atoms with Crippen molar-refractivity contribution in [3.05, 3.63) is 64.6 Å². The Kier molecular flexibility index (Phi) is 4.39. The highest BCUT2D eigenvalue weighted by Gasteiger charge is 2.23. The van der Waals surface area contributed by atoms with Crippen LogP contribution in [0.4, 0.5) is 5.69 Å². The van der Waals surface area contributed by atoms with E-state index < -0.39 is 15.9 Å². The molecule has 0 radical (unpaired) electrons. The normalized spacial score (nSPS) is 18.2. The first kappa shape index (κ1) is 17.2. The van der Waals surface area contributed by atoms with E-state index in [2.05, 4.69) is 11.4 Å². The summed E-state index contributed by atoms with van der Waals surface area (Å²) < 4.78 is 22.8. The van der Waals surface area contributed by atoms with Gasteiger partial charge in [0.1, 0.15) is 0 Å². The van der Waals surface area contributed by atoms with Gasteiger partial charge in [0.15, 0.2) is 9.84 Å². The summed E-state index contributed by atoms with van der Waals surface area (Å²) in [5, 5.41) is 3.83. The van der Waals surface area contributed by atoms with Crippen molar-refractivity contribution in [2.75, 3.05) is 11.5 Å².